The number of ether oxygens (including phenoxy) is 1. The fraction of sp³-hybridized carbons (Fsp3) is 0.312. The molecule has 3 rings (SSSR count). The Balaban J connectivity index is 1.58. The van der Waals surface area contributed by atoms with Gasteiger partial charge in [-0.3, -0.25) is 4.68 Å². The molecule has 22 heavy (non-hydrogen) atoms. The lowest BCUT2D eigenvalue weighted by molar-refractivity contribution is -0.0391. The SMILES string of the molecule is N#Cc1cc(C(=O)O)n(C2CC(OCc3ccccc3)C2)n1. The van der Waals surface area contributed by atoms with Crippen LogP contribution in [0.5, 0.6) is 0 Å². The summed E-state index contributed by atoms with van der Waals surface area (Å²) >= 11 is 0. The van der Waals surface area contributed by atoms with Gasteiger partial charge in [-0.25, -0.2) is 4.79 Å². The zero-order chi connectivity index (χ0) is 15.5. The molecule has 0 unspecified atom stereocenters. The van der Waals surface area contributed by atoms with E-state index in [0.717, 1.165) is 5.56 Å². The van der Waals surface area contributed by atoms with E-state index < -0.39 is 5.97 Å². The molecule has 1 heterocycles. The summed E-state index contributed by atoms with van der Waals surface area (Å²) in [4.78, 5) is 11.2. The zero-order valence-corrected chi connectivity index (χ0v) is 11.8. The predicted octanol–water partition coefficient (Wildman–Crippen LogP) is 2.37. The van der Waals surface area contributed by atoms with Crippen molar-refractivity contribution in [2.24, 2.45) is 0 Å². The van der Waals surface area contributed by atoms with Gasteiger partial charge >= 0.3 is 5.97 Å². The standard InChI is InChI=1S/C16H15N3O3/c17-9-12-6-15(16(20)21)19(18-12)13-7-14(8-13)22-10-11-4-2-1-3-5-11/h1-6,13-14H,7-8,10H2,(H,20,21). The molecule has 2 aromatic rings. The largest absolute Gasteiger partial charge is 0.477 e. The maximum Gasteiger partial charge on any atom is 0.354 e. The highest BCUT2D eigenvalue weighted by molar-refractivity contribution is 5.86. The molecular weight excluding hydrogens is 282 g/mol. The average Bonchev–Trinajstić information content (AvgIpc) is 2.91. The third kappa shape index (κ3) is 2.85. The van der Waals surface area contributed by atoms with Gasteiger partial charge in [0.1, 0.15) is 11.8 Å². The Morgan fingerprint density at radius 2 is 2.14 bits per heavy atom. The molecule has 0 aliphatic heterocycles. The quantitative estimate of drug-likeness (QED) is 0.915. The Bertz CT molecular complexity index is 712. The summed E-state index contributed by atoms with van der Waals surface area (Å²) in [5, 5.41) is 22.1. The van der Waals surface area contributed by atoms with Gasteiger partial charge in [0, 0.05) is 6.07 Å². The van der Waals surface area contributed by atoms with Crippen molar-refractivity contribution in [3.63, 3.8) is 0 Å². The number of carboxylic acids is 1. The van der Waals surface area contributed by atoms with Gasteiger partial charge in [-0.05, 0) is 18.4 Å². The van der Waals surface area contributed by atoms with Crippen LogP contribution in [0.25, 0.3) is 0 Å². The molecule has 6 heteroatoms. The van der Waals surface area contributed by atoms with Crippen molar-refractivity contribution in [3.05, 3.63) is 53.3 Å². The molecule has 0 atom stereocenters. The molecule has 0 saturated heterocycles. The first-order chi connectivity index (χ1) is 10.7. The first-order valence-electron chi connectivity index (χ1n) is 7.06. The monoisotopic (exact) mass is 297 g/mol. The van der Waals surface area contributed by atoms with Crippen LogP contribution in [-0.4, -0.2) is 27.0 Å². The smallest absolute Gasteiger partial charge is 0.354 e. The van der Waals surface area contributed by atoms with Gasteiger partial charge in [-0.15, -0.1) is 0 Å². The predicted molar refractivity (Wildman–Crippen MR) is 77.2 cm³/mol. The van der Waals surface area contributed by atoms with E-state index in [2.05, 4.69) is 5.10 Å². The van der Waals surface area contributed by atoms with Gasteiger partial charge in [0.2, 0.25) is 0 Å². The molecule has 1 aliphatic rings. The molecule has 0 amide bonds. The number of carboxylic acid groups (broad SMARTS) is 1. The molecular formula is C16H15N3O3. The lowest BCUT2D eigenvalue weighted by atomic mass is 9.89. The molecule has 0 radical (unpaired) electrons. The van der Waals surface area contributed by atoms with Crippen molar-refractivity contribution in [3.8, 4) is 6.07 Å². The normalized spacial score (nSPS) is 20.1. The molecule has 1 fully saturated rings. The lowest BCUT2D eigenvalue weighted by Crippen LogP contribution is -2.35. The fourth-order valence-corrected chi connectivity index (χ4v) is 2.55. The number of nitrogens with zero attached hydrogens (tertiary/aromatic N) is 3. The van der Waals surface area contributed by atoms with E-state index in [1.165, 1.54) is 10.7 Å². The lowest BCUT2D eigenvalue weighted by Gasteiger charge is -2.35. The van der Waals surface area contributed by atoms with Crippen molar-refractivity contribution in [2.45, 2.75) is 31.6 Å². The highest BCUT2D eigenvalue weighted by atomic mass is 16.5. The second-order valence-electron chi connectivity index (χ2n) is 5.32. The number of rotatable bonds is 5. The van der Waals surface area contributed by atoms with E-state index >= 15 is 0 Å². The Kier molecular flexibility index (Phi) is 3.90. The van der Waals surface area contributed by atoms with Gasteiger partial charge in [0.05, 0.1) is 18.8 Å². The van der Waals surface area contributed by atoms with Gasteiger partial charge in [0.25, 0.3) is 0 Å². The summed E-state index contributed by atoms with van der Waals surface area (Å²) in [6.45, 7) is 0.548. The molecule has 1 N–H and O–H groups in total. The first kappa shape index (κ1) is 14.3. The number of nitriles is 1. The summed E-state index contributed by atoms with van der Waals surface area (Å²) in [7, 11) is 0. The topological polar surface area (TPSA) is 88.1 Å². The van der Waals surface area contributed by atoms with Gasteiger partial charge in [-0.1, -0.05) is 30.3 Å². The van der Waals surface area contributed by atoms with Crippen LogP contribution in [0.1, 0.15) is 40.6 Å². The van der Waals surface area contributed by atoms with Crippen molar-refractivity contribution in [1.29, 1.82) is 5.26 Å². The van der Waals surface area contributed by atoms with E-state index in [1.54, 1.807) is 0 Å². The average molecular weight is 297 g/mol. The van der Waals surface area contributed by atoms with Crippen LogP contribution in [0, 0.1) is 11.3 Å². The maximum absolute atomic E-state index is 11.2. The fourth-order valence-electron chi connectivity index (χ4n) is 2.55. The second-order valence-corrected chi connectivity index (χ2v) is 5.32. The van der Waals surface area contributed by atoms with Crippen LogP contribution in [0.2, 0.25) is 0 Å². The number of hydrogen-bond donors (Lipinski definition) is 1. The number of benzene rings is 1. The van der Waals surface area contributed by atoms with Gasteiger partial charge < -0.3 is 9.84 Å². The number of carbonyl (C=O) groups is 1. The Hall–Kier alpha value is -2.65. The Morgan fingerprint density at radius 3 is 2.77 bits per heavy atom. The first-order valence-corrected chi connectivity index (χ1v) is 7.06. The van der Waals surface area contributed by atoms with E-state index in [1.807, 2.05) is 36.4 Å². The molecule has 1 saturated carbocycles. The van der Waals surface area contributed by atoms with Crippen LogP contribution in [-0.2, 0) is 11.3 Å². The molecule has 1 aliphatic carbocycles. The van der Waals surface area contributed by atoms with Crippen LogP contribution in [0.3, 0.4) is 0 Å². The summed E-state index contributed by atoms with van der Waals surface area (Å²) < 4.78 is 7.23. The minimum Gasteiger partial charge on any atom is -0.477 e. The minimum absolute atomic E-state index is 0.0195. The Morgan fingerprint density at radius 1 is 1.41 bits per heavy atom. The molecule has 1 aromatic carbocycles. The summed E-state index contributed by atoms with van der Waals surface area (Å²) in [5.74, 6) is -1.07. The van der Waals surface area contributed by atoms with Crippen LogP contribution >= 0.6 is 0 Å². The zero-order valence-electron chi connectivity index (χ0n) is 11.8. The van der Waals surface area contributed by atoms with E-state index in [4.69, 9.17) is 15.1 Å². The highest BCUT2D eigenvalue weighted by Gasteiger charge is 2.34. The molecule has 1 aromatic heterocycles. The summed E-state index contributed by atoms with van der Waals surface area (Å²) in [6.07, 6.45) is 1.51. The van der Waals surface area contributed by atoms with Crippen LogP contribution in [0.4, 0.5) is 0 Å². The second kappa shape index (κ2) is 6.00. The molecule has 6 nitrogen and oxygen atoms in total. The number of hydrogen-bond acceptors (Lipinski definition) is 4. The van der Waals surface area contributed by atoms with Gasteiger partial charge in [0.15, 0.2) is 5.69 Å². The van der Waals surface area contributed by atoms with E-state index in [0.29, 0.717) is 19.4 Å². The highest BCUT2D eigenvalue weighted by Crippen LogP contribution is 2.35. The Labute approximate surface area is 127 Å². The van der Waals surface area contributed by atoms with Crippen LogP contribution in [0.15, 0.2) is 36.4 Å². The van der Waals surface area contributed by atoms with Crippen molar-refractivity contribution < 1.29 is 14.6 Å². The maximum atomic E-state index is 11.2. The molecule has 0 spiro atoms. The number of aromatic carboxylic acids is 1. The third-order valence-electron chi connectivity index (χ3n) is 3.81. The van der Waals surface area contributed by atoms with E-state index in [9.17, 15) is 4.79 Å². The van der Waals surface area contributed by atoms with Crippen molar-refractivity contribution >= 4 is 5.97 Å². The van der Waals surface area contributed by atoms with E-state index in [-0.39, 0.29) is 23.5 Å². The van der Waals surface area contributed by atoms with Gasteiger partial charge in [-0.2, -0.15) is 10.4 Å². The summed E-state index contributed by atoms with van der Waals surface area (Å²) in [6, 6.07) is 13.1. The molecule has 0 bridgehead atoms. The van der Waals surface area contributed by atoms with Crippen LogP contribution < -0.4 is 0 Å². The number of aromatic nitrogens is 2. The van der Waals surface area contributed by atoms with Crippen molar-refractivity contribution in [1.82, 2.24) is 9.78 Å². The minimum atomic E-state index is -1.07. The molecule has 112 valence electrons. The summed E-state index contributed by atoms with van der Waals surface area (Å²) in [5.41, 5.74) is 1.30. The third-order valence-corrected chi connectivity index (χ3v) is 3.81. The van der Waals surface area contributed by atoms with Crippen molar-refractivity contribution in [2.75, 3.05) is 0 Å².